The lowest BCUT2D eigenvalue weighted by molar-refractivity contribution is -0.117. The van der Waals surface area contributed by atoms with E-state index < -0.39 is 5.92 Å². The first-order valence-corrected chi connectivity index (χ1v) is 10.3. The summed E-state index contributed by atoms with van der Waals surface area (Å²) < 4.78 is 28.5. The van der Waals surface area contributed by atoms with Crippen molar-refractivity contribution in [1.82, 2.24) is 19.7 Å². The average molecular weight is 419 g/mol. The van der Waals surface area contributed by atoms with Gasteiger partial charge >= 0.3 is 0 Å². The Balaban J connectivity index is 1.44. The van der Waals surface area contributed by atoms with Crippen molar-refractivity contribution in [2.45, 2.75) is 70.5 Å². The zero-order valence-corrected chi connectivity index (χ0v) is 17.5. The fraction of sp³-hybridized carbons (Fsp3) is 0.600. The second-order valence-corrected chi connectivity index (χ2v) is 8.12. The van der Waals surface area contributed by atoms with Crippen LogP contribution in [0.15, 0.2) is 12.4 Å². The molecule has 1 saturated carbocycles. The van der Waals surface area contributed by atoms with E-state index in [1.54, 1.807) is 10.9 Å². The molecule has 1 aliphatic carbocycles. The van der Waals surface area contributed by atoms with Gasteiger partial charge in [-0.3, -0.25) is 9.48 Å². The van der Waals surface area contributed by atoms with E-state index in [-0.39, 0.29) is 30.8 Å². The molecule has 4 rings (SSSR count). The van der Waals surface area contributed by atoms with Gasteiger partial charge in [-0.15, -0.1) is 0 Å². The van der Waals surface area contributed by atoms with Crippen molar-refractivity contribution in [2.75, 3.05) is 22.6 Å². The summed E-state index contributed by atoms with van der Waals surface area (Å²) in [7, 11) is 1.86. The predicted octanol–water partition coefficient (Wildman–Crippen LogP) is 3.51. The molecule has 2 aliphatic rings. The Hall–Kier alpha value is -2.78. The SMILES string of the molecule is CC[C@H]1C(=O)Nc2c(C)nc(NCc3cnn(C4CCC(F)(F)CC4)c3)nc2N1C. The number of hydrogen-bond donors (Lipinski definition) is 2. The quantitative estimate of drug-likeness (QED) is 0.771. The standard InChI is InChI=1S/C20H27F2N7O/c1-4-15-18(30)26-16-12(2)25-19(27-17(16)28(15)3)23-9-13-10-24-29(11-13)14-5-7-20(21,22)8-6-14/h10-11,14-15H,4-9H2,1-3H3,(H,26,30)(H,23,25,27)/t15-/m0/s1. The Morgan fingerprint density at radius 2 is 2.03 bits per heavy atom. The van der Waals surface area contributed by atoms with Crippen LogP contribution in [-0.2, 0) is 11.3 Å². The van der Waals surface area contributed by atoms with Crippen LogP contribution in [0.2, 0.25) is 0 Å². The number of alkyl halides is 2. The summed E-state index contributed by atoms with van der Waals surface area (Å²) in [5, 5.41) is 10.5. The average Bonchev–Trinajstić information content (AvgIpc) is 3.17. The Bertz CT molecular complexity index is 935. The summed E-state index contributed by atoms with van der Waals surface area (Å²) >= 11 is 0. The largest absolute Gasteiger partial charge is 0.350 e. The highest BCUT2D eigenvalue weighted by atomic mass is 19.3. The van der Waals surface area contributed by atoms with E-state index in [9.17, 15) is 13.6 Å². The van der Waals surface area contributed by atoms with E-state index in [2.05, 4.69) is 25.7 Å². The summed E-state index contributed by atoms with van der Waals surface area (Å²) in [5.41, 5.74) is 2.26. The van der Waals surface area contributed by atoms with Gasteiger partial charge in [-0.25, -0.2) is 13.8 Å². The Kier molecular flexibility index (Phi) is 5.33. The van der Waals surface area contributed by atoms with Crippen LogP contribution in [0.1, 0.15) is 56.3 Å². The monoisotopic (exact) mass is 419 g/mol. The van der Waals surface area contributed by atoms with Gasteiger partial charge in [0, 0.05) is 38.2 Å². The fourth-order valence-electron chi connectivity index (χ4n) is 4.17. The number of amides is 1. The molecule has 8 nitrogen and oxygen atoms in total. The number of halogens is 2. The predicted molar refractivity (Wildman–Crippen MR) is 110 cm³/mol. The zero-order chi connectivity index (χ0) is 21.5. The van der Waals surface area contributed by atoms with Gasteiger partial charge in [0.1, 0.15) is 11.7 Å². The van der Waals surface area contributed by atoms with Crippen molar-refractivity contribution in [3.63, 3.8) is 0 Å². The van der Waals surface area contributed by atoms with Crippen LogP contribution in [0.5, 0.6) is 0 Å². The minimum Gasteiger partial charge on any atom is -0.350 e. The normalized spacial score (nSPS) is 21.3. The van der Waals surface area contributed by atoms with Gasteiger partial charge in [0.05, 0.1) is 17.9 Å². The van der Waals surface area contributed by atoms with Crippen LogP contribution in [0.4, 0.5) is 26.2 Å². The molecule has 1 aliphatic heterocycles. The van der Waals surface area contributed by atoms with Crippen molar-refractivity contribution < 1.29 is 13.6 Å². The van der Waals surface area contributed by atoms with E-state index in [4.69, 9.17) is 0 Å². The summed E-state index contributed by atoms with van der Waals surface area (Å²) in [6.07, 6.45) is 5.01. The zero-order valence-electron chi connectivity index (χ0n) is 17.5. The summed E-state index contributed by atoms with van der Waals surface area (Å²) in [6, 6.07) is -0.246. The molecular formula is C20H27F2N7O. The van der Waals surface area contributed by atoms with Gasteiger partial charge in [0.15, 0.2) is 5.82 Å². The molecule has 10 heteroatoms. The van der Waals surface area contributed by atoms with E-state index in [0.29, 0.717) is 49.0 Å². The van der Waals surface area contributed by atoms with Gasteiger partial charge in [0.25, 0.3) is 0 Å². The lowest BCUT2D eigenvalue weighted by Crippen LogP contribution is -2.46. The second-order valence-electron chi connectivity index (χ2n) is 8.12. The summed E-state index contributed by atoms with van der Waals surface area (Å²) in [5.74, 6) is -1.43. The highest BCUT2D eigenvalue weighted by molar-refractivity contribution is 6.03. The van der Waals surface area contributed by atoms with Gasteiger partial charge < -0.3 is 15.5 Å². The van der Waals surface area contributed by atoms with E-state index >= 15 is 0 Å². The highest BCUT2D eigenvalue weighted by Crippen LogP contribution is 2.38. The molecule has 1 fully saturated rings. The Morgan fingerprint density at radius 3 is 2.73 bits per heavy atom. The molecule has 2 N–H and O–H groups in total. The van der Waals surface area contributed by atoms with Crippen LogP contribution in [0, 0.1) is 6.92 Å². The highest BCUT2D eigenvalue weighted by Gasteiger charge is 2.36. The number of anilines is 3. The molecule has 0 radical (unpaired) electrons. The molecule has 30 heavy (non-hydrogen) atoms. The van der Waals surface area contributed by atoms with Crippen molar-refractivity contribution in [1.29, 1.82) is 0 Å². The van der Waals surface area contributed by atoms with Crippen molar-refractivity contribution in [2.24, 2.45) is 0 Å². The lowest BCUT2D eigenvalue weighted by Gasteiger charge is -2.34. The molecule has 2 aromatic heterocycles. The third-order valence-electron chi connectivity index (χ3n) is 5.98. The number of nitrogens with zero attached hydrogens (tertiary/aromatic N) is 5. The first-order valence-electron chi connectivity index (χ1n) is 10.3. The lowest BCUT2D eigenvalue weighted by atomic mass is 9.92. The number of nitrogens with one attached hydrogen (secondary N) is 2. The van der Waals surface area contributed by atoms with E-state index in [1.807, 2.05) is 32.0 Å². The third kappa shape index (κ3) is 3.95. The number of aromatic nitrogens is 4. The molecule has 2 aromatic rings. The topological polar surface area (TPSA) is 88.0 Å². The summed E-state index contributed by atoms with van der Waals surface area (Å²) in [6.45, 7) is 4.27. The van der Waals surface area contributed by atoms with E-state index in [1.165, 1.54) is 0 Å². The molecule has 3 heterocycles. The summed E-state index contributed by atoms with van der Waals surface area (Å²) in [4.78, 5) is 23.2. The number of aryl methyl sites for hydroxylation is 1. The number of hydrogen-bond acceptors (Lipinski definition) is 6. The minimum atomic E-state index is -2.54. The van der Waals surface area contributed by atoms with Crippen molar-refractivity contribution in [3.8, 4) is 0 Å². The first-order chi connectivity index (χ1) is 14.3. The fourth-order valence-corrected chi connectivity index (χ4v) is 4.17. The van der Waals surface area contributed by atoms with Crippen LogP contribution in [0.3, 0.4) is 0 Å². The molecule has 0 unspecified atom stereocenters. The Labute approximate surface area is 174 Å². The molecule has 1 atom stereocenters. The molecule has 0 bridgehead atoms. The van der Waals surface area contributed by atoms with Gasteiger partial charge in [0.2, 0.25) is 17.8 Å². The number of fused-ring (bicyclic) bond motifs is 1. The maximum absolute atomic E-state index is 13.4. The maximum atomic E-state index is 13.4. The van der Waals surface area contributed by atoms with Crippen LogP contribution in [0.25, 0.3) is 0 Å². The number of likely N-dealkylation sites (N-methyl/N-ethyl adjacent to an activating group) is 1. The van der Waals surface area contributed by atoms with Gasteiger partial charge in [-0.2, -0.15) is 10.1 Å². The van der Waals surface area contributed by atoms with Crippen LogP contribution < -0.4 is 15.5 Å². The van der Waals surface area contributed by atoms with Crippen LogP contribution >= 0.6 is 0 Å². The second kappa shape index (κ2) is 7.81. The molecular weight excluding hydrogens is 392 g/mol. The molecule has 0 spiro atoms. The minimum absolute atomic E-state index is 0.0175. The number of rotatable bonds is 5. The van der Waals surface area contributed by atoms with Gasteiger partial charge in [-0.05, 0) is 26.2 Å². The molecule has 1 amide bonds. The van der Waals surface area contributed by atoms with Crippen molar-refractivity contribution >= 4 is 23.4 Å². The molecule has 162 valence electrons. The third-order valence-corrected chi connectivity index (χ3v) is 5.98. The first kappa shape index (κ1) is 20.5. The Morgan fingerprint density at radius 1 is 1.30 bits per heavy atom. The number of carbonyl (C=O) groups is 1. The number of carbonyl (C=O) groups excluding carboxylic acids is 1. The van der Waals surface area contributed by atoms with Crippen LogP contribution in [-0.4, -0.2) is 44.7 Å². The van der Waals surface area contributed by atoms with E-state index in [0.717, 1.165) is 5.56 Å². The molecule has 0 aromatic carbocycles. The van der Waals surface area contributed by atoms with Crippen molar-refractivity contribution in [3.05, 3.63) is 23.7 Å². The van der Waals surface area contributed by atoms with Gasteiger partial charge in [-0.1, -0.05) is 6.92 Å². The maximum Gasteiger partial charge on any atom is 0.248 e. The smallest absolute Gasteiger partial charge is 0.248 e. The molecule has 0 saturated heterocycles.